The summed E-state index contributed by atoms with van der Waals surface area (Å²) in [5.41, 5.74) is 0.181. The second-order valence-corrected chi connectivity index (χ2v) is 6.84. The molecule has 1 N–H and O–H groups in total. The van der Waals surface area contributed by atoms with Gasteiger partial charge < -0.3 is 5.11 Å². The number of hydrogen-bond donors (Lipinski definition) is 1. The van der Waals surface area contributed by atoms with Crippen LogP contribution in [0.4, 0.5) is 17.1 Å². The number of aromatic nitrogens is 3. The average molecular weight is 431 g/mol. The predicted molar refractivity (Wildman–Crippen MR) is 107 cm³/mol. The van der Waals surface area contributed by atoms with Gasteiger partial charge in [-0.05, 0) is 36.4 Å². The number of pyridine rings is 1. The van der Waals surface area contributed by atoms with Crippen molar-refractivity contribution in [2.45, 2.75) is 6.18 Å². The lowest BCUT2D eigenvalue weighted by Crippen LogP contribution is -2.11. The van der Waals surface area contributed by atoms with Crippen molar-refractivity contribution in [3.63, 3.8) is 0 Å². The fourth-order valence-electron chi connectivity index (χ4n) is 3.03. The quantitative estimate of drug-likeness (QED) is 0.381. The van der Waals surface area contributed by atoms with Crippen LogP contribution in [0.15, 0.2) is 72.9 Å². The van der Waals surface area contributed by atoms with Crippen molar-refractivity contribution >= 4 is 12.3 Å². The summed E-state index contributed by atoms with van der Waals surface area (Å²) in [7, 11) is 0. The third kappa shape index (κ3) is 3.76. The van der Waals surface area contributed by atoms with Crippen molar-refractivity contribution in [1.82, 2.24) is 13.9 Å². The van der Waals surface area contributed by atoms with Gasteiger partial charge in [-0.2, -0.15) is 13.2 Å². The number of benzene rings is 2. The fraction of sp³-hybridized carbons (Fsp3) is 0.0476. The topological polar surface area (TPSA) is 50.9 Å². The molecule has 2 heterocycles. The minimum absolute atomic E-state index is 0.102. The van der Waals surface area contributed by atoms with Gasteiger partial charge >= 0.3 is 6.18 Å². The SMILES string of the molecule is Oc1ccc(-c2ccc(-c3nc(-c4ccccc4)c(C(F)(F)F)n3SF)cn2)cc1. The van der Waals surface area contributed by atoms with E-state index < -0.39 is 24.2 Å². The van der Waals surface area contributed by atoms with Gasteiger partial charge in [0.15, 0.2) is 23.9 Å². The number of aromatic hydroxyl groups is 1. The zero-order valence-corrected chi connectivity index (χ0v) is 16.0. The van der Waals surface area contributed by atoms with E-state index in [0.717, 1.165) is 0 Å². The maximum absolute atomic E-state index is 13.8. The van der Waals surface area contributed by atoms with Gasteiger partial charge in [-0.25, -0.2) is 8.96 Å². The summed E-state index contributed by atoms with van der Waals surface area (Å²) in [6.07, 6.45) is -3.47. The number of imidazole rings is 1. The van der Waals surface area contributed by atoms with Gasteiger partial charge in [-0.1, -0.05) is 30.3 Å². The molecule has 0 amide bonds. The molecule has 0 saturated carbocycles. The van der Waals surface area contributed by atoms with Gasteiger partial charge in [0.2, 0.25) is 0 Å². The molecule has 9 heteroatoms. The zero-order valence-electron chi connectivity index (χ0n) is 15.1. The molecule has 2 aromatic carbocycles. The monoisotopic (exact) mass is 431 g/mol. The summed E-state index contributed by atoms with van der Waals surface area (Å²) in [4.78, 5) is 8.37. The van der Waals surface area contributed by atoms with E-state index in [1.165, 1.54) is 36.5 Å². The summed E-state index contributed by atoms with van der Waals surface area (Å²) in [5, 5.41) is 9.38. The lowest BCUT2D eigenvalue weighted by molar-refractivity contribution is -0.141. The molecule has 4 rings (SSSR count). The van der Waals surface area contributed by atoms with E-state index in [2.05, 4.69) is 9.97 Å². The van der Waals surface area contributed by atoms with Gasteiger partial charge in [0.05, 0.1) is 5.69 Å². The Labute approximate surface area is 173 Å². The molecule has 0 aliphatic heterocycles. The summed E-state index contributed by atoms with van der Waals surface area (Å²) in [6, 6.07) is 17.3. The van der Waals surface area contributed by atoms with Crippen LogP contribution in [0.3, 0.4) is 0 Å². The number of alkyl halides is 3. The third-order valence-electron chi connectivity index (χ3n) is 4.41. The van der Waals surface area contributed by atoms with Crippen LogP contribution in [-0.4, -0.2) is 19.0 Å². The molecule has 0 bridgehead atoms. The summed E-state index contributed by atoms with van der Waals surface area (Å²) in [5.74, 6) is -0.0936. The van der Waals surface area contributed by atoms with Crippen LogP contribution in [0.2, 0.25) is 0 Å². The Kier molecular flexibility index (Phi) is 5.21. The molecule has 2 aromatic heterocycles. The van der Waals surface area contributed by atoms with E-state index in [1.54, 1.807) is 36.4 Å². The first-order chi connectivity index (χ1) is 14.4. The van der Waals surface area contributed by atoms with Crippen molar-refractivity contribution in [1.29, 1.82) is 0 Å². The van der Waals surface area contributed by atoms with Crippen LogP contribution < -0.4 is 0 Å². The van der Waals surface area contributed by atoms with Gasteiger partial charge in [0, 0.05) is 22.9 Å². The number of rotatable bonds is 4. The summed E-state index contributed by atoms with van der Waals surface area (Å²) >= 11 is -0.560. The van der Waals surface area contributed by atoms with E-state index >= 15 is 0 Å². The van der Waals surface area contributed by atoms with Crippen molar-refractivity contribution in [3.05, 3.63) is 78.6 Å². The van der Waals surface area contributed by atoms with Crippen LogP contribution in [-0.2, 0) is 6.18 Å². The van der Waals surface area contributed by atoms with Crippen LogP contribution in [0.25, 0.3) is 33.9 Å². The average Bonchev–Trinajstić information content (AvgIpc) is 3.15. The lowest BCUT2D eigenvalue weighted by Gasteiger charge is -2.10. The zero-order chi connectivity index (χ0) is 21.3. The van der Waals surface area contributed by atoms with Crippen LogP contribution >= 0.6 is 12.3 Å². The van der Waals surface area contributed by atoms with E-state index in [4.69, 9.17) is 0 Å². The predicted octanol–water partition coefficient (Wildman–Crippen LogP) is 6.38. The smallest absolute Gasteiger partial charge is 0.434 e. The lowest BCUT2D eigenvalue weighted by atomic mass is 10.1. The molecule has 4 nitrogen and oxygen atoms in total. The van der Waals surface area contributed by atoms with E-state index in [-0.39, 0.29) is 28.4 Å². The van der Waals surface area contributed by atoms with Crippen molar-refractivity contribution in [2.24, 2.45) is 0 Å². The van der Waals surface area contributed by atoms with Gasteiger partial charge in [-0.15, -0.1) is 3.89 Å². The molecule has 0 fully saturated rings. The maximum Gasteiger partial charge on any atom is 0.434 e. The third-order valence-corrected chi connectivity index (χ3v) is 4.90. The molecule has 0 atom stereocenters. The van der Waals surface area contributed by atoms with Crippen molar-refractivity contribution in [2.75, 3.05) is 0 Å². The van der Waals surface area contributed by atoms with E-state index in [0.29, 0.717) is 15.2 Å². The minimum Gasteiger partial charge on any atom is -0.508 e. The highest BCUT2D eigenvalue weighted by Crippen LogP contribution is 2.42. The number of phenols is 1. The van der Waals surface area contributed by atoms with Gasteiger partial charge in [0.25, 0.3) is 0 Å². The number of nitrogens with zero attached hydrogens (tertiary/aromatic N) is 3. The van der Waals surface area contributed by atoms with Crippen molar-refractivity contribution in [3.8, 4) is 39.7 Å². The molecule has 152 valence electrons. The maximum atomic E-state index is 13.8. The molecule has 0 saturated heterocycles. The van der Waals surface area contributed by atoms with Crippen molar-refractivity contribution < 1.29 is 22.2 Å². The van der Waals surface area contributed by atoms with Gasteiger partial charge in [0.1, 0.15) is 11.4 Å². The number of phenolic OH excluding ortho intramolecular Hbond substituents is 1. The molecular weight excluding hydrogens is 418 g/mol. The van der Waals surface area contributed by atoms with E-state index in [9.17, 15) is 22.2 Å². The Morgan fingerprint density at radius 1 is 0.833 bits per heavy atom. The van der Waals surface area contributed by atoms with Gasteiger partial charge in [-0.3, -0.25) is 4.98 Å². The Morgan fingerprint density at radius 3 is 2.07 bits per heavy atom. The highest BCUT2D eigenvalue weighted by Gasteiger charge is 2.41. The standard InChI is InChI=1S/C21H13F4N3OS/c22-21(23,24)19-18(14-4-2-1-3-5-14)27-20(28(19)30-25)15-8-11-17(26-12-15)13-6-9-16(29)10-7-13/h1-12,29H. The Hall–Kier alpha value is -3.33. The summed E-state index contributed by atoms with van der Waals surface area (Å²) in [6.45, 7) is 0. The molecule has 0 spiro atoms. The largest absolute Gasteiger partial charge is 0.508 e. The summed E-state index contributed by atoms with van der Waals surface area (Å²) < 4.78 is 55.4. The first kappa shape index (κ1) is 20.0. The first-order valence-corrected chi connectivity index (χ1v) is 9.36. The van der Waals surface area contributed by atoms with Crippen LogP contribution in [0.1, 0.15) is 5.69 Å². The Morgan fingerprint density at radius 2 is 1.50 bits per heavy atom. The molecule has 30 heavy (non-hydrogen) atoms. The fourth-order valence-corrected chi connectivity index (χ4v) is 3.50. The normalized spacial score (nSPS) is 11.6. The van der Waals surface area contributed by atoms with E-state index in [1.807, 2.05) is 0 Å². The minimum atomic E-state index is -4.81. The second-order valence-electron chi connectivity index (χ2n) is 6.34. The molecule has 4 aromatic rings. The molecule has 0 aliphatic carbocycles. The number of halogens is 4. The first-order valence-electron chi connectivity index (χ1n) is 8.69. The Bertz CT molecular complexity index is 1160. The molecule has 0 radical (unpaired) electrons. The highest BCUT2D eigenvalue weighted by molar-refractivity contribution is 7.92. The highest BCUT2D eigenvalue weighted by atomic mass is 32.2. The number of hydrogen-bond acceptors (Lipinski definition) is 4. The van der Waals surface area contributed by atoms with Crippen LogP contribution in [0.5, 0.6) is 5.75 Å². The molecule has 0 unspecified atom stereocenters. The second kappa shape index (κ2) is 7.83. The molecule has 0 aliphatic rings. The van der Waals surface area contributed by atoms with Crippen LogP contribution in [0, 0.1) is 0 Å². The molecular formula is C21H13F4N3OS. The Balaban J connectivity index is 1.83.